The predicted molar refractivity (Wildman–Crippen MR) is 71.2 cm³/mol. The molecule has 0 radical (unpaired) electrons. The zero-order valence-electron chi connectivity index (χ0n) is 9.97. The first-order valence-electron chi connectivity index (χ1n) is 5.08. The maximum absolute atomic E-state index is 12.2. The average molecular weight is 316 g/mol. The van der Waals surface area contributed by atoms with Crippen LogP contribution in [0.3, 0.4) is 0 Å². The normalized spacial score (nSPS) is 11.1. The molecule has 2 N–H and O–H groups in total. The highest BCUT2D eigenvalue weighted by Crippen LogP contribution is 2.32. The number of hydrogen-bond acceptors (Lipinski definition) is 9. The van der Waals surface area contributed by atoms with E-state index in [0.29, 0.717) is 0 Å². The smallest absolute Gasteiger partial charge is 0.312 e. The SMILES string of the molecule is CNc1cccc(S(=O)(=O)Nc2nnns2)c1[N+](=O)[O-]. The molecule has 1 aromatic heterocycles. The van der Waals surface area contributed by atoms with E-state index < -0.39 is 25.5 Å². The molecule has 0 aliphatic heterocycles. The number of benzene rings is 1. The van der Waals surface area contributed by atoms with Gasteiger partial charge in [-0.2, -0.15) is 0 Å². The Hall–Kier alpha value is -2.34. The Morgan fingerprint density at radius 3 is 2.70 bits per heavy atom. The first kappa shape index (κ1) is 14.1. The van der Waals surface area contributed by atoms with Crippen molar-refractivity contribution in [2.24, 2.45) is 0 Å². The maximum atomic E-state index is 12.2. The minimum absolute atomic E-state index is 0.0749. The molecule has 20 heavy (non-hydrogen) atoms. The molecule has 0 fully saturated rings. The molecule has 0 bridgehead atoms. The van der Waals surface area contributed by atoms with Crippen molar-refractivity contribution >= 4 is 38.1 Å². The summed E-state index contributed by atoms with van der Waals surface area (Å²) < 4.78 is 29.8. The fourth-order valence-corrected chi connectivity index (χ4v) is 3.25. The Kier molecular flexibility index (Phi) is 3.76. The molecule has 0 atom stereocenters. The number of hydrogen-bond donors (Lipinski definition) is 2. The van der Waals surface area contributed by atoms with E-state index in [9.17, 15) is 18.5 Å². The van der Waals surface area contributed by atoms with Crippen LogP contribution in [0.5, 0.6) is 0 Å². The number of rotatable bonds is 5. The summed E-state index contributed by atoms with van der Waals surface area (Å²) in [7, 11) is -2.70. The Labute approximate surface area is 117 Å². The molecular weight excluding hydrogens is 308 g/mol. The molecule has 0 aliphatic rings. The van der Waals surface area contributed by atoms with E-state index in [-0.39, 0.29) is 10.8 Å². The number of sulfonamides is 1. The number of nitrogens with one attached hydrogen (secondary N) is 2. The van der Waals surface area contributed by atoms with E-state index in [1.807, 2.05) is 0 Å². The second kappa shape index (κ2) is 5.34. The third kappa shape index (κ3) is 2.65. The van der Waals surface area contributed by atoms with Gasteiger partial charge in [-0.3, -0.25) is 14.8 Å². The van der Waals surface area contributed by atoms with Crippen molar-refractivity contribution in [1.29, 1.82) is 0 Å². The van der Waals surface area contributed by atoms with Gasteiger partial charge in [-0.05, 0) is 17.3 Å². The van der Waals surface area contributed by atoms with Gasteiger partial charge in [-0.1, -0.05) is 15.7 Å². The van der Waals surface area contributed by atoms with E-state index in [0.717, 1.165) is 17.6 Å². The molecular formula is C8H8N6O4S2. The van der Waals surface area contributed by atoms with E-state index in [1.165, 1.54) is 19.2 Å². The summed E-state index contributed by atoms with van der Waals surface area (Å²) in [6, 6.07) is 3.94. The van der Waals surface area contributed by atoms with Crippen LogP contribution < -0.4 is 10.0 Å². The number of nitrogens with zero attached hydrogens (tertiary/aromatic N) is 4. The topological polar surface area (TPSA) is 140 Å². The van der Waals surface area contributed by atoms with E-state index in [2.05, 4.69) is 24.8 Å². The van der Waals surface area contributed by atoms with Crippen LogP contribution in [0.2, 0.25) is 0 Å². The van der Waals surface area contributed by atoms with Gasteiger partial charge in [0, 0.05) is 18.6 Å². The number of aromatic nitrogens is 3. The fourth-order valence-electron chi connectivity index (χ4n) is 1.47. The molecule has 2 aromatic rings. The third-order valence-electron chi connectivity index (χ3n) is 2.26. The second-order valence-corrected chi connectivity index (χ2v) is 5.82. The molecule has 0 spiro atoms. The highest BCUT2D eigenvalue weighted by atomic mass is 32.2. The van der Waals surface area contributed by atoms with Crippen LogP contribution in [0.15, 0.2) is 23.1 Å². The summed E-state index contributed by atoms with van der Waals surface area (Å²) in [6.07, 6.45) is 0. The number of anilines is 2. The van der Waals surface area contributed by atoms with Crippen LogP contribution >= 0.6 is 11.5 Å². The Bertz CT molecular complexity index is 729. The quantitative estimate of drug-likeness (QED) is 0.606. The Morgan fingerprint density at radius 2 is 2.15 bits per heavy atom. The van der Waals surface area contributed by atoms with Gasteiger partial charge in [-0.25, -0.2) is 8.42 Å². The highest BCUT2D eigenvalue weighted by molar-refractivity contribution is 7.93. The van der Waals surface area contributed by atoms with Crippen molar-refractivity contribution in [1.82, 2.24) is 14.8 Å². The fraction of sp³-hybridized carbons (Fsp3) is 0.125. The van der Waals surface area contributed by atoms with Crippen molar-refractivity contribution in [3.63, 3.8) is 0 Å². The van der Waals surface area contributed by atoms with Gasteiger partial charge >= 0.3 is 5.69 Å². The lowest BCUT2D eigenvalue weighted by atomic mass is 10.3. The largest absolute Gasteiger partial charge is 0.383 e. The van der Waals surface area contributed by atoms with Gasteiger partial charge in [0.2, 0.25) is 5.13 Å². The zero-order chi connectivity index (χ0) is 14.8. The lowest BCUT2D eigenvalue weighted by Gasteiger charge is -2.08. The van der Waals surface area contributed by atoms with Gasteiger partial charge in [0.1, 0.15) is 5.69 Å². The van der Waals surface area contributed by atoms with Crippen molar-refractivity contribution in [3.05, 3.63) is 28.3 Å². The lowest BCUT2D eigenvalue weighted by molar-refractivity contribution is -0.386. The summed E-state index contributed by atoms with van der Waals surface area (Å²) in [5, 5.41) is 20.3. The first-order chi connectivity index (χ1) is 9.45. The van der Waals surface area contributed by atoms with E-state index in [4.69, 9.17) is 0 Å². The molecule has 0 amide bonds. The van der Waals surface area contributed by atoms with Crippen molar-refractivity contribution in [2.75, 3.05) is 17.1 Å². The molecule has 0 saturated carbocycles. The summed E-state index contributed by atoms with van der Waals surface area (Å²) >= 11 is 0.721. The van der Waals surface area contributed by atoms with Crippen LogP contribution in [0.25, 0.3) is 0 Å². The molecule has 1 aromatic carbocycles. The van der Waals surface area contributed by atoms with Crippen LogP contribution in [-0.4, -0.2) is 35.2 Å². The summed E-state index contributed by atoms with van der Waals surface area (Å²) in [6.45, 7) is 0. The van der Waals surface area contributed by atoms with Crippen molar-refractivity contribution in [2.45, 2.75) is 4.90 Å². The first-order valence-corrected chi connectivity index (χ1v) is 7.34. The Balaban J connectivity index is 2.54. The van der Waals surface area contributed by atoms with Crippen LogP contribution in [-0.2, 0) is 10.0 Å². The van der Waals surface area contributed by atoms with Gasteiger partial charge in [0.15, 0.2) is 4.90 Å². The van der Waals surface area contributed by atoms with Crippen molar-refractivity contribution in [3.8, 4) is 0 Å². The van der Waals surface area contributed by atoms with Gasteiger partial charge < -0.3 is 5.32 Å². The molecule has 12 heteroatoms. The van der Waals surface area contributed by atoms with E-state index in [1.54, 1.807) is 0 Å². The summed E-state index contributed by atoms with van der Waals surface area (Å²) in [5.74, 6) is 0. The molecule has 2 rings (SSSR count). The third-order valence-corrected chi connectivity index (χ3v) is 4.27. The molecule has 10 nitrogen and oxygen atoms in total. The van der Waals surface area contributed by atoms with Crippen LogP contribution in [0.4, 0.5) is 16.5 Å². The molecule has 0 aliphatic carbocycles. The lowest BCUT2D eigenvalue weighted by Crippen LogP contribution is -2.15. The molecule has 0 unspecified atom stereocenters. The molecule has 106 valence electrons. The van der Waals surface area contributed by atoms with Crippen LogP contribution in [0, 0.1) is 10.1 Å². The second-order valence-electron chi connectivity index (χ2n) is 3.43. The molecule has 0 saturated heterocycles. The Morgan fingerprint density at radius 1 is 1.40 bits per heavy atom. The highest BCUT2D eigenvalue weighted by Gasteiger charge is 2.29. The number of nitro groups is 1. The maximum Gasteiger partial charge on any atom is 0.312 e. The summed E-state index contributed by atoms with van der Waals surface area (Å²) in [5.41, 5.74) is -0.451. The standard InChI is InChI=1S/C8H8N6O4S2/c1-9-5-3-2-4-6(7(5)14(15)16)20(17,18)11-8-10-12-13-19-8/h2-4,9H,1H3,(H,10,11,13). The predicted octanol–water partition coefficient (Wildman–Crippen LogP) is 0.684. The minimum Gasteiger partial charge on any atom is -0.383 e. The zero-order valence-corrected chi connectivity index (χ0v) is 11.6. The van der Waals surface area contributed by atoms with Gasteiger partial charge in [0.25, 0.3) is 10.0 Å². The van der Waals surface area contributed by atoms with Crippen molar-refractivity contribution < 1.29 is 13.3 Å². The van der Waals surface area contributed by atoms with Crippen LogP contribution in [0.1, 0.15) is 0 Å². The average Bonchev–Trinajstić information content (AvgIpc) is 2.89. The monoisotopic (exact) mass is 316 g/mol. The summed E-state index contributed by atoms with van der Waals surface area (Å²) in [4.78, 5) is 9.85. The minimum atomic E-state index is -4.16. The van der Waals surface area contributed by atoms with Gasteiger partial charge in [-0.15, -0.1) is 0 Å². The molecule has 1 heterocycles. The van der Waals surface area contributed by atoms with E-state index >= 15 is 0 Å². The number of nitro benzene ring substituents is 1. The van der Waals surface area contributed by atoms with Gasteiger partial charge in [0.05, 0.1) is 4.92 Å². The number of para-hydroxylation sites is 1.